The van der Waals surface area contributed by atoms with Crippen LogP contribution in [0.3, 0.4) is 0 Å². The molecular weight excluding hydrogens is 320 g/mol. The largest absolute Gasteiger partial charge is 0.378 e. The van der Waals surface area contributed by atoms with E-state index in [1.807, 2.05) is 42.5 Å². The fraction of sp³-hybridized carbons (Fsp3) is 0.316. The van der Waals surface area contributed by atoms with Gasteiger partial charge in [0, 0.05) is 35.8 Å². The molecule has 2 aromatic carbocycles. The number of benzene rings is 2. The second-order valence-electron chi connectivity index (χ2n) is 5.73. The molecule has 5 heteroatoms. The second kappa shape index (κ2) is 8.22. The van der Waals surface area contributed by atoms with Crippen LogP contribution in [0.1, 0.15) is 15.9 Å². The summed E-state index contributed by atoms with van der Waals surface area (Å²) in [5.74, 6) is 0.883. The molecule has 1 fully saturated rings. The highest BCUT2D eigenvalue weighted by atomic mass is 32.2. The number of hydrogen-bond donors (Lipinski definition) is 1. The first-order valence-electron chi connectivity index (χ1n) is 8.08. The molecule has 0 bridgehead atoms. The molecule has 0 spiro atoms. The van der Waals surface area contributed by atoms with Gasteiger partial charge in [0.25, 0.3) is 5.91 Å². The lowest BCUT2D eigenvalue weighted by Gasteiger charge is -2.29. The monoisotopic (exact) mass is 342 g/mol. The normalized spacial score (nSPS) is 14.5. The van der Waals surface area contributed by atoms with E-state index in [2.05, 4.69) is 22.5 Å². The fourth-order valence-corrected chi connectivity index (χ4v) is 3.25. The third-order valence-electron chi connectivity index (χ3n) is 4.01. The molecule has 0 saturated carbocycles. The molecular formula is C19H22N2O2S. The Labute approximate surface area is 147 Å². The molecule has 0 radical (unpaired) electrons. The molecule has 1 aliphatic rings. The molecule has 1 amide bonds. The first-order valence-corrected chi connectivity index (χ1v) is 9.47. The lowest BCUT2D eigenvalue weighted by molar-refractivity contribution is 0.102. The quantitative estimate of drug-likeness (QED) is 0.901. The zero-order chi connectivity index (χ0) is 16.8. The summed E-state index contributed by atoms with van der Waals surface area (Å²) in [5.41, 5.74) is 3.84. The maximum absolute atomic E-state index is 12.4. The van der Waals surface area contributed by atoms with Crippen molar-refractivity contribution < 1.29 is 9.53 Å². The van der Waals surface area contributed by atoms with Crippen LogP contribution in [0, 0.1) is 0 Å². The van der Waals surface area contributed by atoms with Crippen LogP contribution in [-0.2, 0) is 10.5 Å². The highest BCUT2D eigenvalue weighted by Crippen LogP contribution is 2.21. The number of anilines is 2. The van der Waals surface area contributed by atoms with E-state index in [0.717, 1.165) is 43.4 Å². The predicted octanol–water partition coefficient (Wildman–Crippen LogP) is 3.64. The number of carbonyl (C=O) groups excluding carboxylic acids is 1. The van der Waals surface area contributed by atoms with Crippen molar-refractivity contribution in [3.8, 4) is 0 Å². The Morgan fingerprint density at radius 1 is 1.17 bits per heavy atom. The molecule has 2 aromatic rings. The maximum atomic E-state index is 12.4. The van der Waals surface area contributed by atoms with Crippen LogP contribution in [0.25, 0.3) is 0 Å². The van der Waals surface area contributed by atoms with Gasteiger partial charge in [-0.15, -0.1) is 0 Å². The van der Waals surface area contributed by atoms with Crippen LogP contribution in [0.5, 0.6) is 0 Å². The Morgan fingerprint density at radius 2 is 1.92 bits per heavy atom. The number of nitrogens with one attached hydrogen (secondary N) is 1. The Kier molecular flexibility index (Phi) is 5.77. The summed E-state index contributed by atoms with van der Waals surface area (Å²) in [4.78, 5) is 14.7. The number of amides is 1. The molecule has 126 valence electrons. The number of thioether (sulfide) groups is 1. The molecule has 0 aromatic heterocycles. The van der Waals surface area contributed by atoms with E-state index in [4.69, 9.17) is 4.74 Å². The van der Waals surface area contributed by atoms with Crippen LogP contribution in [0.4, 0.5) is 11.4 Å². The molecule has 1 heterocycles. The van der Waals surface area contributed by atoms with Gasteiger partial charge in [0.1, 0.15) is 0 Å². The van der Waals surface area contributed by atoms with Gasteiger partial charge >= 0.3 is 0 Å². The van der Waals surface area contributed by atoms with E-state index in [0.29, 0.717) is 5.56 Å². The van der Waals surface area contributed by atoms with Gasteiger partial charge in [0.05, 0.1) is 13.2 Å². The van der Waals surface area contributed by atoms with Gasteiger partial charge in [0.2, 0.25) is 0 Å². The molecule has 0 aliphatic carbocycles. The SMILES string of the molecule is CSCc1ccc(C(=O)Nc2cccc(N3CCOCC3)c2)cc1. The minimum absolute atomic E-state index is 0.0789. The van der Waals surface area contributed by atoms with Gasteiger partial charge in [0.15, 0.2) is 0 Å². The molecule has 3 rings (SSSR count). The predicted molar refractivity (Wildman–Crippen MR) is 101 cm³/mol. The lowest BCUT2D eigenvalue weighted by atomic mass is 10.1. The maximum Gasteiger partial charge on any atom is 0.255 e. The third-order valence-corrected chi connectivity index (χ3v) is 4.63. The molecule has 1 aliphatic heterocycles. The molecule has 1 N–H and O–H groups in total. The number of hydrogen-bond acceptors (Lipinski definition) is 4. The van der Waals surface area contributed by atoms with Crippen LogP contribution >= 0.6 is 11.8 Å². The average molecular weight is 342 g/mol. The van der Waals surface area contributed by atoms with Crippen molar-refractivity contribution in [1.29, 1.82) is 0 Å². The Hall–Kier alpha value is -1.98. The number of morpholine rings is 1. The first-order chi connectivity index (χ1) is 11.8. The van der Waals surface area contributed by atoms with E-state index >= 15 is 0 Å². The Balaban J connectivity index is 1.67. The van der Waals surface area contributed by atoms with Crippen molar-refractivity contribution in [2.75, 3.05) is 42.8 Å². The van der Waals surface area contributed by atoms with E-state index < -0.39 is 0 Å². The number of rotatable bonds is 5. The lowest BCUT2D eigenvalue weighted by Crippen LogP contribution is -2.36. The zero-order valence-electron chi connectivity index (χ0n) is 13.8. The molecule has 0 unspecified atom stereocenters. The van der Waals surface area contributed by atoms with Gasteiger partial charge in [-0.3, -0.25) is 4.79 Å². The van der Waals surface area contributed by atoms with Gasteiger partial charge in [-0.2, -0.15) is 11.8 Å². The van der Waals surface area contributed by atoms with Crippen molar-refractivity contribution in [3.05, 3.63) is 59.7 Å². The van der Waals surface area contributed by atoms with Crippen LogP contribution in [-0.4, -0.2) is 38.5 Å². The summed E-state index contributed by atoms with van der Waals surface area (Å²) in [5, 5.41) is 2.99. The van der Waals surface area contributed by atoms with Gasteiger partial charge in [-0.1, -0.05) is 18.2 Å². The Morgan fingerprint density at radius 3 is 2.62 bits per heavy atom. The fourth-order valence-electron chi connectivity index (χ4n) is 2.72. The van der Waals surface area contributed by atoms with Crippen molar-refractivity contribution in [1.82, 2.24) is 0 Å². The van der Waals surface area contributed by atoms with Crippen molar-refractivity contribution >= 4 is 29.0 Å². The third kappa shape index (κ3) is 4.30. The summed E-state index contributed by atoms with van der Waals surface area (Å²) >= 11 is 1.77. The number of ether oxygens (including phenoxy) is 1. The zero-order valence-corrected chi connectivity index (χ0v) is 14.6. The minimum atomic E-state index is -0.0789. The highest BCUT2D eigenvalue weighted by molar-refractivity contribution is 7.97. The Bertz CT molecular complexity index is 682. The van der Waals surface area contributed by atoms with E-state index in [-0.39, 0.29) is 5.91 Å². The summed E-state index contributed by atoms with van der Waals surface area (Å²) in [6.07, 6.45) is 2.07. The van der Waals surface area contributed by atoms with Crippen LogP contribution in [0.15, 0.2) is 48.5 Å². The molecule has 4 nitrogen and oxygen atoms in total. The number of carbonyl (C=O) groups is 1. The smallest absolute Gasteiger partial charge is 0.255 e. The summed E-state index contributed by atoms with van der Waals surface area (Å²) in [7, 11) is 0. The van der Waals surface area contributed by atoms with Crippen LogP contribution < -0.4 is 10.2 Å². The van der Waals surface area contributed by atoms with E-state index in [1.165, 1.54) is 5.56 Å². The van der Waals surface area contributed by atoms with Crippen LogP contribution in [0.2, 0.25) is 0 Å². The van der Waals surface area contributed by atoms with Gasteiger partial charge in [-0.05, 0) is 42.2 Å². The highest BCUT2D eigenvalue weighted by Gasteiger charge is 2.12. The summed E-state index contributed by atoms with van der Waals surface area (Å²) in [6, 6.07) is 15.8. The van der Waals surface area contributed by atoms with E-state index in [1.54, 1.807) is 11.8 Å². The minimum Gasteiger partial charge on any atom is -0.378 e. The van der Waals surface area contributed by atoms with Crippen molar-refractivity contribution in [3.63, 3.8) is 0 Å². The average Bonchev–Trinajstić information content (AvgIpc) is 2.63. The number of nitrogens with zero attached hydrogens (tertiary/aromatic N) is 1. The van der Waals surface area contributed by atoms with E-state index in [9.17, 15) is 4.79 Å². The second-order valence-corrected chi connectivity index (χ2v) is 6.60. The van der Waals surface area contributed by atoms with Crippen molar-refractivity contribution in [2.24, 2.45) is 0 Å². The topological polar surface area (TPSA) is 41.6 Å². The van der Waals surface area contributed by atoms with Gasteiger partial charge in [-0.25, -0.2) is 0 Å². The molecule has 1 saturated heterocycles. The standard InChI is InChI=1S/C19H22N2O2S/c1-24-14-15-5-7-16(8-6-15)19(22)20-17-3-2-4-18(13-17)21-9-11-23-12-10-21/h2-8,13H,9-12,14H2,1H3,(H,20,22). The molecule has 24 heavy (non-hydrogen) atoms. The van der Waals surface area contributed by atoms with Gasteiger partial charge < -0.3 is 15.0 Å². The summed E-state index contributed by atoms with van der Waals surface area (Å²) < 4.78 is 5.39. The van der Waals surface area contributed by atoms with Crippen molar-refractivity contribution in [2.45, 2.75) is 5.75 Å². The summed E-state index contributed by atoms with van der Waals surface area (Å²) in [6.45, 7) is 3.26. The first kappa shape index (κ1) is 16.9. The molecule has 0 atom stereocenters.